The Morgan fingerprint density at radius 2 is 1.86 bits per heavy atom. The molecule has 0 unspecified atom stereocenters. The van der Waals surface area contributed by atoms with Crippen molar-refractivity contribution < 1.29 is 13.9 Å². The van der Waals surface area contributed by atoms with Crippen molar-refractivity contribution in [3.63, 3.8) is 0 Å². The number of hydrogen-bond acceptors (Lipinski definition) is 6. The van der Waals surface area contributed by atoms with Gasteiger partial charge in [-0.25, -0.2) is 9.37 Å². The van der Waals surface area contributed by atoms with E-state index in [-0.39, 0.29) is 11.5 Å². The number of ether oxygens (including phenoxy) is 1. The van der Waals surface area contributed by atoms with Gasteiger partial charge in [0.05, 0.1) is 12.2 Å². The van der Waals surface area contributed by atoms with Gasteiger partial charge in [-0.05, 0) is 47.9 Å². The van der Waals surface area contributed by atoms with Gasteiger partial charge in [0.1, 0.15) is 11.6 Å². The van der Waals surface area contributed by atoms with Gasteiger partial charge >= 0.3 is 0 Å². The molecule has 3 aromatic rings. The van der Waals surface area contributed by atoms with Crippen LogP contribution in [0.5, 0.6) is 0 Å². The minimum Gasteiger partial charge on any atom is -0.383 e. The zero-order valence-corrected chi connectivity index (χ0v) is 20.6. The van der Waals surface area contributed by atoms with Gasteiger partial charge in [-0.1, -0.05) is 13.0 Å². The van der Waals surface area contributed by atoms with Crippen molar-refractivity contribution >= 4 is 11.7 Å². The van der Waals surface area contributed by atoms with Gasteiger partial charge in [0, 0.05) is 76.1 Å². The first-order valence-electron chi connectivity index (χ1n) is 12.0. The van der Waals surface area contributed by atoms with Crippen molar-refractivity contribution in [3.05, 3.63) is 65.9 Å². The summed E-state index contributed by atoms with van der Waals surface area (Å²) in [7, 11) is 3.50. The molecule has 3 heterocycles. The first-order chi connectivity index (χ1) is 17.0. The number of aromatic nitrogens is 2. The number of carbonyl (C=O) groups is 1. The molecule has 1 fully saturated rings. The lowest BCUT2D eigenvalue weighted by Crippen LogP contribution is -2.49. The van der Waals surface area contributed by atoms with E-state index in [4.69, 9.17) is 4.74 Å². The molecule has 1 aliphatic rings. The zero-order chi connectivity index (χ0) is 24.8. The van der Waals surface area contributed by atoms with Gasteiger partial charge in [-0.15, -0.1) is 0 Å². The molecule has 0 spiro atoms. The molecule has 1 aromatic carbocycles. The van der Waals surface area contributed by atoms with Crippen LogP contribution in [0.2, 0.25) is 0 Å². The minimum absolute atomic E-state index is 0.102. The highest BCUT2D eigenvalue weighted by molar-refractivity contribution is 5.95. The van der Waals surface area contributed by atoms with Gasteiger partial charge in [0.2, 0.25) is 0 Å². The maximum atomic E-state index is 15.3. The average molecular weight is 478 g/mol. The minimum atomic E-state index is -0.515. The number of piperazine rings is 1. The summed E-state index contributed by atoms with van der Waals surface area (Å²) >= 11 is 0. The number of rotatable bonds is 8. The lowest BCUT2D eigenvalue weighted by molar-refractivity contribution is 0.0590. The highest BCUT2D eigenvalue weighted by atomic mass is 19.1. The second kappa shape index (κ2) is 11.4. The first kappa shape index (κ1) is 24.8. The molecule has 0 atom stereocenters. The summed E-state index contributed by atoms with van der Waals surface area (Å²) in [6.07, 6.45) is 4.27. The Balaban J connectivity index is 1.60. The van der Waals surface area contributed by atoms with E-state index in [0.717, 1.165) is 54.3 Å². The molecule has 1 aliphatic heterocycles. The maximum Gasteiger partial charge on any atom is 0.256 e. The standard InChI is InChI=1S/C27H32FN5O2/c1-4-24-26(20-6-8-25(29-2)31-18-20)21(9-10-30-24)19-5-7-22(23(28)17-19)27(34)33-13-11-32(12-14-33)15-16-35-3/h5-10,17-18H,4,11-16H2,1-3H3,(H,29,31). The van der Waals surface area contributed by atoms with Gasteiger partial charge in [0.15, 0.2) is 0 Å². The molecule has 0 radical (unpaired) electrons. The number of benzene rings is 1. The fraction of sp³-hybridized carbons (Fsp3) is 0.370. The summed E-state index contributed by atoms with van der Waals surface area (Å²) in [5.74, 6) is -0.0130. The molecule has 1 saturated heterocycles. The molecule has 0 saturated carbocycles. The van der Waals surface area contributed by atoms with Crippen LogP contribution >= 0.6 is 0 Å². The van der Waals surface area contributed by atoms with Crippen LogP contribution in [0.15, 0.2) is 48.8 Å². The average Bonchev–Trinajstić information content (AvgIpc) is 2.91. The lowest BCUT2D eigenvalue weighted by atomic mass is 9.93. The van der Waals surface area contributed by atoms with Crippen molar-refractivity contribution in [2.45, 2.75) is 13.3 Å². The van der Waals surface area contributed by atoms with Gasteiger partial charge in [-0.2, -0.15) is 0 Å². The molecule has 1 amide bonds. The smallest absolute Gasteiger partial charge is 0.256 e. The third-order valence-electron chi connectivity index (χ3n) is 6.45. The zero-order valence-electron chi connectivity index (χ0n) is 20.6. The Labute approximate surface area is 206 Å². The Morgan fingerprint density at radius 3 is 2.49 bits per heavy atom. The van der Waals surface area contributed by atoms with Crippen LogP contribution in [-0.4, -0.2) is 79.2 Å². The van der Waals surface area contributed by atoms with E-state index < -0.39 is 5.82 Å². The van der Waals surface area contributed by atoms with E-state index in [0.29, 0.717) is 25.3 Å². The van der Waals surface area contributed by atoms with Crippen molar-refractivity contribution in [1.82, 2.24) is 19.8 Å². The highest BCUT2D eigenvalue weighted by Crippen LogP contribution is 2.35. The molecular weight excluding hydrogens is 445 g/mol. The van der Waals surface area contributed by atoms with E-state index in [1.807, 2.05) is 38.2 Å². The second-order valence-electron chi connectivity index (χ2n) is 8.54. The maximum absolute atomic E-state index is 15.3. The fourth-order valence-corrected chi connectivity index (χ4v) is 4.45. The molecule has 35 heavy (non-hydrogen) atoms. The van der Waals surface area contributed by atoms with Crippen LogP contribution in [0.4, 0.5) is 10.2 Å². The Morgan fingerprint density at radius 1 is 1.09 bits per heavy atom. The first-order valence-corrected chi connectivity index (χ1v) is 12.0. The van der Waals surface area contributed by atoms with E-state index in [9.17, 15) is 4.79 Å². The van der Waals surface area contributed by atoms with E-state index >= 15 is 4.39 Å². The summed E-state index contributed by atoms with van der Waals surface area (Å²) < 4.78 is 20.4. The summed E-state index contributed by atoms with van der Waals surface area (Å²) in [6.45, 7) is 6.22. The van der Waals surface area contributed by atoms with E-state index in [1.165, 1.54) is 6.07 Å². The number of nitrogens with one attached hydrogen (secondary N) is 1. The van der Waals surface area contributed by atoms with Crippen molar-refractivity contribution in [2.24, 2.45) is 0 Å². The summed E-state index contributed by atoms with van der Waals surface area (Å²) in [5, 5.41) is 3.02. The lowest BCUT2D eigenvalue weighted by Gasteiger charge is -2.34. The second-order valence-corrected chi connectivity index (χ2v) is 8.54. The van der Waals surface area contributed by atoms with Crippen molar-refractivity contribution in [3.8, 4) is 22.3 Å². The molecule has 0 bridgehead atoms. The normalized spacial score (nSPS) is 14.2. The molecule has 2 aromatic heterocycles. The molecule has 8 heteroatoms. The van der Waals surface area contributed by atoms with Crippen LogP contribution in [-0.2, 0) is 11.2 Å². The SMILES string of the molecule is CCc1nccc(-c2ccc(C(=O)N3CCN(CCOC)CC3)c(F)c2)c1-c1ccc(NC)nc1. The van der Waals surface area contributed by atoms with Crippen LogP contribution in [0, 0.1) is 5.82 Å². The molecule has 1 N–H and O–H groups in total. The van der Waals surface area contributed by atoms with E-state index in [2.05, 4.69) is 20.2 Å². The predicted octanol–water partition coefficient (Wildman–Crippen LogP) is 3.96. The van der Waals surface area contributed by atoms with Gasteiger partial charge in [0.25, 0.3) is 5.91 Å². The number of hydrogen-bond donors (Lipinski definition) is 1. The summed E-state index contributed by atoms with van der Waals surface area (Å²) in [6, 6.07) is 10.6. The number of aryl methyl sites for hydroxylation is 1. The largest absolute Gasteiger partial charge is 0.383 e. The third kappa shape index (κ3) is 5.49. The molecular formula is C27H32FN5O2. The summed E-state index contributed by atoms with van der Waals surface area (Å²) in [4.78, 5) is 26.0. The number of nitrogens with zero attached hydrogens (tertiary/aromatic N) is 4. The van der Waals surface area contributed by atoms with Crippen molar-refractivity contribution in [1.29, 1.82) is 0 Å². The van der Waals surface area contributed by atoms with Crippen LogP contribution in [0.1, 0.15) is 23.0 Å². The topological polar surface area (TPSA) is 70.6 Å². The van der Waals surface area contributed by atoms with Gasteiger partial charge in [-0.3, -0.25) is 14.7 Å². The highest BCUT2D eigenvalue weighted by Gasteiger charge is 2.24. The Bertz CT molecular complexity index is 1160. The van der Waals surface area contributed by atoms with Crippen LogP contribution < -0.4 is 5.32 Å². The number of halogens is 1. The Kier molecular flexibility index (Phi) is 8.05. The van der Waals surface area contributed by atoms with Crippen molar-refractivity contribution in [2.75, 3.05) is 58.8 Å². The number of pyridine rings is 2. The van der Waals surface area contributed by atoms with Crippen LogP contribution in [0.3, 0.4) is 0 Å². The number of amides is 1. The monoisotopic (exact) mass is 477 g/mol. The Hall–Kier alpha value is -3.36. The van der Waals surface area contributed by atoms with Crippen LogP contribution in [0.25, 0.3) is 22.3 Å². The molecule has 7 nitrogen and oxygen atoms in total. The third-order valence-corrected chi connectivity index (χ3v) is 6.45. The molecule has 184 valence electrons. The molecule has 4 rings (SSSR count). The quantitative estimate of drug-likeness (QED) is 0.530. The summed E-state index contributed by atoms with van der Waals surface area (Å²) in [5.41, 5.74) is 4.42. The number of methoxy groups -OCH3 is 1. The predicted molar refractivity (Wildman–Crippen MR) is 136 cm³/mol. The number of anilines is 1. The van der Waals surface area contributed by atoms with E-state index in [1.54, 1.807) is 30.5 Å². The van der Waals surface area contributed by atoms with Gasteiger partial charge < -0.3 is 15.0 Å². The number of carbonyl (C=O) groups excluding carboxylic acids is 1. The molecule has 0 aliphatic carbocycles. The fourth-order valence-electron chi connectivity index (χ4n) is 4.45.